The molecule has 0 radical (unpaired) electrons. The van der Waals surface area contributed by atoms with Gasteiger partial charge in [0.1, 0.15) is 11.5 Å². The predicted octanol–water partition coefficient (Wildman–Crippen LogP) is 5.75. The van der Waals surface area contributed by atoms with E-state index in [1.807, 2.05) is 30.6 Å². The van der Waals surface area contributed by atoms with E-state index in [9.17, 15) is 4.79 Å². The zero-order valence-corrected chi connectivity index (χ0v) is 20.2. The van der Waals surface area contributed by atoms with Crippen molar-refractivity contribution in [1.82, 2.24) is 34.9 Å². The SMILES string of the molecule is CCCCC(=O)Nc1cncc(-c2cnc3[nH]cc(-c4nc5c(-c6ccncc6)cncc5[nH]4)c3c2)c1. The van der Waals surface area contributed by atoms with Crippen molar-refractivity contribution in [2.45, 2.75) is 26.2 Å². The minimum Gasteiger partial charge on any atom is -0.345 e. The highest BCUT2D eigenvalue weighted by atomic mass is 16.1. The molecule has 0 bridgehead atoms. The second-order valence-electron chi connectivity index (χ2n) is 8.84. The molecule has 3 N–H and O–H groups in total. The maximum atomic E-state index is 12.2. The molecule has 0 unspecified atom stereocenters. The van der Waals surface area contributed by atoms with Gasteiger partial charge in [-0.1, -0.05) is 13.3 Å². The zero-order chi connectivity index (χ0) is 25.2. The Balaban J connectivity index is 1.37. The van der Waals surface area contributed by atoms with Crippen LogP contribution in [0.1, 0.15) is 26.2 Å². The normalized spacial score (nSPS) is 11.3. The highest BCUT2D eigenvalue weighted by Crippen LogP contribution is 2.33. The molecule has 0 aromatic carbocycles. The van der Waals surface area contributed by atoms with Gasteiger partial charge in [0.2, 0.25) is 5.91 Å². The summed E-state index contributed by atoms with van der Waals surface area (Å²) < 4.78 is 0. The number of fused-ring (bicyclic) bond motifs is 2. The maximum Gasteiger partial charge on any atom is 0.224 e. The molecular weight excluding hydrogens is 464 g/mol. The van der Waals surface area contributed by atoms with Gasteiger partial charge in [-0.25, -0.2) is 9.97 Å². The molecule has 0 saturated carbocycles. The van der Waals surface area contributed by atoms with E-state index in [0.717, 1.165) is 68.6 Å². The van der Waals surface area contributed by atoms with Crippen LogP contribution in [0.4, 0.5) is 5.69 Å². The van der Waals surface area contributed by atoms with E-state index in [1.54, 1.807) is 37.2 Å². The first kappa shape index (κ1) is 22.5. The number of pyridine rings is 4. The molecule has 182 valence electrons. The molecule has 6 heterocycles. The molecule has 0 fully saturated rings. The standard InChI is InChI=1S/C28H24N8O/c1-2-3-4-25(37)34-20-9-18(11-30-13-20)19-10-21-23(15-33-27(21)32-12-19)28-35-24-16-31-14-22(26(24)36-28)17-5-7-29-8-6-17/h5-16H,2-4H2,1H3,(H,32,33)(H,34,37)(H,35,36). The average Bonchev–Trinajstić information content (AvgIpc) is 3.56. The average molecular weight is 489 g/mol. The fraction of sp³-hybridized carbons (Fsp3) is 0.143. The Hall–Kier alpha value is -4.92. The lowest BCUT2D eigenvalue weighted by Crippen LogP contribution is -2.11. The smallest absolute Gasteiger partial charge is 0.224 e. The van der Waals surface area contributed by atoms with Crippen LogP contribution >= 0.6 is 0 Å². The Labute approximate surface area is 212 Å². The Morgan fingerprint density at radius 3 is 2.62 bits per heavy atom. The fourth-order valence-electron chi connectivity index (χ4n) is 4.39. The van der Waals surface area contributed by atoms with Gasteiger partial charge in [-0.3, -0.25) is 19.7 Å². The second-order valence-corrected chi connectivity index (χ2v) is 8.84. The van der Waals surface area contributed by atoms with Gasteiger partial charge in [0, 0.05) is 71.2 Å². The number of anilines is 1. The molecule has 1 amide bonds. The summed E-state index contributed by atoms with van der Waals surface area (Å²) >= 11 is 0. The van der Waals surface area contributed by atoms with Crippen LogP contribution in [0.15, 0.2) is 73.8 Å². The Morgan fingerprint density at radius 2 is 1.76 bits per heavy atom. The van der Waals surface area contributed by atoms with Gasteiger partial charge >= 0.3 is 0 Å². The van der Waals surface area contributed by atoms with Crippen molar-refractivity contribution in [3.05, 3.63) is 73.8 Å². The molecule has 0 atom stereocenters. The summed E-state index contributed by atoms with van der Waals surface area (Å²) in [6.45, 7) is 2.07. The number of aromatic amines is 2. The monoisotopic (exact) mass is 488 g/mol. The molecule has 37 heavy (non-hydrogen) atoms. The summed E-state index contributed by atoms with van der Waals surface area (Å²) in [6, 6.07) is 7.87. The maximum absolute atomic E-state index is 12.2. The summed E-state index contributed by atoms with van der Waals surface area (Å²) in [5, 5.41) is 3.86. The number of aromatic nitrogens is 7. The van der Waals surface area contributed by atoms with Crippen molar-refractivity contribution in [1.29, 1.82) is 0 Å². The number of H-pyrrole nitrogens is 2. The number of carbonyl (C=O) groups excluding carboxylic acids is 1. The number of hydrogen-bond acceptors (Lipinski definition) is 6. The van der Waals surface area contributed by atoms with Crippen LogP contribution in [0.2, 0.25) is 0 Å². The van der Waals surface area contributed by atoms with Crippen LogP contribution in [0.3, 0.4) is 0 Å². The topological polar surface area (TPSA) is 125 Å². The van der Waals surface area contributed by atoms with Gasteiger partial charge in [-0.2, -0.15) is 0 Å². The van der Waals surface area contributed by atoms with Crippen LogP contribution in [-0.2, 0) is 4.79 Å². The predicted molar refractivity (Wildman–Crippen MR) is 144 cm³/mol. The first-order chi connectivity index (χ1) is 18.2. The minimum atomic E-state index is -0.00666. The van der Waals surface area contributed by atoms with Crippen LogP contribution in [0.25, 0.3) is 55.7 Å². The summed E-state index contributed by atoms with van der Waals surface area (Å²) in [6.07, 6.45) is 16.6. The van der Waals surface area contributed by atoms with Gasteiger partial charge in [0.15, 0.2) is 0 Å². The van der Waals surface area contributed by atoms with Crippen molar-refractivity contribution in [2.24, 2.45) is 0 Å². The van der Waals surface area contributed by atoms with E-state index < -0.39 is 0 Å². The Morgan fingerprint density at radius 1 is 0.919 bits per heavy atom. The fourth-order valence-corrected chi connectivity index (χ4v) is 4.39. The second kappa shape index (κ2) is 9.62. The summed E-state index contributed by atoms with van der Waals surface area (Å²) in [4.78, 5) is 41.2. The molecule has 6 aromatic heterocycles. The van der Waals surface area contributed by atoms with Gasteiger partial charge in [-0.15, -0.1) is 0 Å². The summed E-state index contributed by atoms with van der Waals surface area (Å²) in [7, 11) is 0. The molecule has 6 aromatic rings. The number of unbranched alkanes of at least 4 members (excludes halogenated alkanes) is 1. The van der Waals surface area contributed by atoms with Crippen molar-refractivity contribution in [3.8, 4) is 33.6 Å². The lowest BCUT2D eigenvalue weighted by atomic mass is 10.1. The molecule has 0 spiro atoms. The highest BCUT2D eigenvalue weighted by Gasteiger charge is 2.15. The summed E-state index contributed by atoms with van der Waals surface area (Å²) in [5.74, 6) is 0.714. The third-order valence-corrected chi connectivity index (χ3v) is 6.28. The van der Waals surface area contributed by atoms with E-state index in [2.05, 4.69) is 48.2 Å². The van der Waals surface area contributed by atoms with Crippen molar-refractivity contribution in [2.75, 3.05) is 5.32 Å². The molecule has 9 nitrogen and oxygen atoms in total. The van der Waals surface area contributed by atoms with Crippen molar-refractivity contribution < 1.29 is 4.79 Å². The number of hydrogen-bond donors (Lipinski definition) is 3. The van der Waals surface area contributed by atoms with Crippen LogP contribution in [0.5, 0.6) is 0 Å². The van der Waals surface area contributed by atoms with Crippen LogP contribution in [0, 0.1) is 0 Å². The first-order valence-electron chi connectivity index (χ1n) is 12.2. The van der Waals surface area contributed by atoms with E-state index in [-0.39, 0.29) is 5.91 Å². The van der Waals surface area contributed by atoms with Crippen molar-refractivity contribution in [3.63, 3.8) is 0 Å². The molecule has 9 heteroatoms. The van der Waals surface area contributed by atoms with Gasteiger partial charge < -0.3 is 15.3 Å². The first-order valence-corrected chi connectivity index (χ1v) is 12.2. The third kappa shape index (κ3) is 4.42. The molecule has 0 saturated heterocycles. The van der Waals surface area contributed by atoms with Crippen LogP contribution < -0.4 is 5.32 Å². The number of nitrogens with one attached hydrogen (secondary N) is 3. The van der Waals surface area contributed by atoms with Gasteiger partial charge in [0.05, 0.1) is 29.1 Å². The van der Waals surface area contributed by atoms with Gasteiger partial charge in [0.25, 0.3) is 0 Å². The lowest BCUT2D eigenvalue weighted by molar-refractivity contribution is -0.116. The lowest BCUT2D eigenvalue weighted by Gasteiger charge is -2.07. The largest absolute Gasteiger partial charge is 0.345 e. The quantitative estimate of drug-likeness (QED) is 0.263. The number of imidazole rings is 1. The minimum absolute atomic E-state index is 0.00666. The van der Waals surface area contributed by atoms with Gasteiger partial charge in [-0.05, 0) is 36.2 Å². The molecule has 0 aliphatic carbocycles. The molecule has 0 aliphatic heterocycles. The number of carbonyl (C=O) groups is 1. The molecule has 6 rings (SSSR count). The molecule has 0 aliphatic rings. The summed E-state index contributed by atoms with van der Waals surface area (Å²) in [5.41, 5.74) is 7.70. The van der Waals surface area contributed by atoms with E-state index >= 15 is 0 Å². The van der Waals surface area contributed by atoms with E-state index in [1.165, 1.54) is 0 Å². The highest BCUT2D eigenvalue weighted by molar-refractivity contribution is 5.98. The number of rotatable bonds is 7. The van der Waals surface area contributed by atoms with E-state index in [0.29, 0.717) is 12.1 Å². The third-order valence-electron chi connectivity index (χ3n) is 6.28. The number of amides is 1. The Bertz CT molecular complexity index is 1720. The zero-order valence-electron chi connectivity index (χ0n) is 20.2. The van der Waals surface area contributed by atoms with Crippen LogP contribution in [-0.4, -0.2) is 40.8 Å². The van der Waals surface area contributed by atoms with Crippen molar-refractivity contribution >= 4 is 33.7 Å². The van der Waals surface area contributed by atoms with E-state index in [4.69, 9.17) is 4.98 Å². The number of nitrogens with zero attached hydrogens (tertiary/aromatic N) is 5. The Kier molecular flexibility index (Phi) is 5.86. The molecular formula is C28H24N8O.